The number of likely N-dealkylation sites (tertiary alicyclic amines) is 1. The number of benzene rings is 1. The number of amides is 1. The molecule has 1 aliphatic heterocycles. The summed E-state index contributed by atoms with van der Waals surface area (Å²) in [6, 6.07) is 9.95. The molecule has 1 aromatic carbocycles. The standard InChI is InChI=1S/C17H24N2OS/c1-2-6-14-9-10-19(12-14)17(20)15(16(18)21)11-13-7-4-3-5-8-13/h3-5,7-8,14-15H,2,6,9-12H2,1H3,(H2,18,21). The Bertz CT molecular complexity index is 489. The van der Waals surface area contributed by atoms with Crippen molar-refractivity contribution in [3.63, 3.8) is 0 Å². The maximum absolute atomic E-state index is 12.7. The third-order valence-corrected chi connectivity index (χ3v) is 4.50. The van der Waals surface area contributed by atoms with Gasteiger partial charge in [-0.15, -0.1) is 0 Å². The number of hydrogen-bond donors (Lipinski definition) is 1. The van der Waals surface area contributed by atoms with Crippen LogP contribution < -0.4 is 5.73 Å². The lowest BCUT2D eigenvalue weighted by Gasteiger charge is -2.23. The lowest BCUT2D eigenvalue weighted by Crippen LogP contribution is -2.41. The predicted molar refractivity (Wildman–Crippen MR) is 90.0 cm³/mol. The number of carbonyl (C=O) groups is 1. The van der Waals surface area contributed by atoms with Crippen molar-refractivity contribution in [2.24, 2.45) is 17.6 Å². The van der Waals surface area contributed by atoms with Crippen molar-refractivity contribution in [3.05, 3.63) is 35.9 Å². The normalized spacial score (nSPS) is 19.5. The van der Waals surface area contributed by atoms with E-state index in [9.17, 15) is 4.79 Å². The van der Waals surface area contributed by atoms with Crippen LogP contribution in [-0.2, 0) is 11.2 Å². The van der Waals surface area contributed by atoms with Crippen molar-refractivity contribution in [3.8, 4) is 0 Å². The Labute approximate surface area is 132 Å². The summed E-state index contributed by atoms with van der Waals surface area (Å²) in [6.45, 7) is 3.90. The molecule has 0 radical (unpaired) electrons. The molecule has 1 saturated heterocycles. The molecule has 0 spiro atoms. The third-order valence-electron chi connectivity index (χ3n) is 4.22. The average molecular weight is 304 g/mol. The molecule has 21 heavy (non-hydrogen) atoms. The zero-order valence-electron chi connectivity index (χ0n) is 12.6. The second-order valence-electron chi connectivity index (χ2n) is 5.87. The van der Waals surface area contributed by atoms with E-state index in [1.807, 2.05) is 35.2 Å². The summed E-state index contributed by atoms with van der Waals surface area (Å²) in [5.41, 5.74) is 6.93. The van der Waals surface area contributed by atoms with Gasteiger partial charge >= 0.3 is 0 Å². The fraction of sp³-hybridized carbons (Fsp3) is 0.529. The van der Waals surface area contributed by atoms with E-state index in [1.54, 1.807) is 0 Å². The molecule has 0 bridgehead atoms. The fourth-order valence-corrected chi connectivity index (χ4v) is 3.24. The Morgan fingerprint density at radius 2 is 2.14 bits per heavy atom. The van der Waals surface area contributed by atoms with Crippen LogP contribution in [0.25, 0.3) is 0 Å². The first-order chi connectivity index (χ1) is 10.1. The van der Waals surface area contributed by atoms with Crippen molar-refractivity contribution < 1.29 is 4.79 Å². The lowest BCUT2D eigenvalue weighted by atomic mass is 9.98. The molecule has 2 N–H and O–H groups in total. The van der Waals surface area contributed by atoms with Gasteiger partial charge in [0.05, 0.1) is 10.9 Å². The van der Waals surface area contributed by atoms with Gasteiger partial charge in [0.15, 0.2) is 0 Å². The first-order valence-corrected chi connectivity index (χ1v) is 8.14. The summed E-state index contributed by atoms with van der Waals surface area (Å²) in [5.74, 6) is 0.371. The molecule has 0 aromatic heterocycles. The van der Waals surface area contributed by atoms with Crippen LogP contribution in [0.1, 0.15) is 31.7 Å². The van der Waals surface area contributed by atoms with Crippen molar-refractivity contribution in [2.45, 2.75) is 32.6 Å². The molecule has 1 aromatic rings. The van der Waals surface area contributed by atoms with Gasteiger partial charge in [0.1, 0.15) is 0 Å². The largest absolute Gasteiger partial charge is 0.393 e. The molecule has 3 nitrogen and oxygen atoms in total. The van der Waals surface area contributed by atoms with E-state index in [0.29, 0.717) is 17.3 Å². The molecule has 1 fully saturated rings. The van der Waals surface area contributed by atoms with Gasteiger partial charge in [0, 0.05) is 13.1 Å². The van der Waals surface area contributed by atoms with Crippen LogP contribution in [0.2, 0.25) is 0 Å². The lowest BCUT2D eigenvalue weighted by molar-refractivity contribution is -0.132. The first kappa shape index (κ1) is 16.0. The molecular formula is C17H24N2OS. The highest BCUT2D eigenvalue weighted by molar-refractivity contribution is 7.80. The van der Waals surface area contributed by atoms with Crippen molar-refractivity contribution >= 4 is 23.1 Å². The Hall–Kier alpha value is -1.42. The number of nitrogens with zero attached hydrogens (tertiary/aromatic N) is 1. The highest BCUT2D eigenvalue weighted by atomic mass is 32.1. The van der Waals surface area contributed by atoms with E-state index in [4.69, 9.17) is 18.0 Å². The summed E-state index contributed by atoms with van der Waals surface area (Å²) in [6.07, 6.45) is 4.08. The number of rotatable bonds is 6. The van der Waals surface area contributed by atoms with Crippen LogP contribution in [0.15, 0.2) is 30.3 Å². The minimum Gasteiger partial charge on any atom is -0.393 e. The van der Waals surface area contributed by atoms with E-state index in [-0.39, 0.29) is 11.8 Å². The van der Waals surface area contributed by atoms with Crippen LogP contribution >= 0.6 is 12.2 Å². The first-order valence-electron chi connectivity index (χ1n) is 7.73. The molecule has 4 heteroatoms. The van der Waals surface area contributed by atoms with E-state index < -0.39 is 0 Å². The maximum Gasteiger partial charge on any atom is 0.232 e. The van der Waals surface area contributed by atoms with Crippen LogP contribution in [-0.4, -0.2) is 28.9 Å². The number of thiocarbonyl (C=S) groups is 1. The Kier molecular flexibility index (Phi) is 5.74. The van der Waals surface area contributed by atoms with Crippen LogP contribution in [0.3, 0.4) is 0 Å². The Morgan fingerprint density at radius 3 is 2.76 bits per heavy atom. The zero-order chi connectivity index (χ0) is 15.2. The summed E-state index contributed by atoms with van der Waals surface area (Å²) < 4.78 is 0. The molecule has 1 heterocycles. The average Bonchev–Trinajstić information content (AvgIpc) is 2.94. The topological polar surface area (TPSA) is 46.3 Å². The van der Waals surface area contributed by atoms with Crippen molar-refractivity contribution in [1.82, 2.24) is 4.90 Å². The van der Waals surface area contributed by atoms with Crippen LogP contribution in [0, 0.1) is 11.8 Å². The quantitative estimate of drug-likeness (QED) is 0.822. The van der Waals surface area contributed by atoms with E-state index >= 15 is 0 Å². The van der Waals surface area contributed by atoms with E-state index in [2.05, 4.69) is 6.92 Å². The number of nitrogens with two attached hydrogens (primary N) is 1. The molecule has 0 saturated carbocycles. The van der Waals surface area contributed by atoms with Gasteiger partial charge in [-0.3, -0.25) is 4.79 Å². The minimum absolute atomic E-state index is 0.102. The zero-order valence-corrected chi connectivity index (χ0v) is 13.4. The minimum atomic E-state index is -0.372. The van der Waals surface area contributed by atoms with Gasteiger partial charge in [0.25, 0.3) is 0 Å². The predicted octanol–water partition coefficient (Wildman–Crippen LogP) is 2.78. The Balaban J connectivity index is 2.01. The van der Waals surface area contributed by atoms with Gasteiger partial charge < -0.3 is 10.6 Å². The summed E-state index contributed by atoms with van der Waals surface area (Å²) >= 11 is 5.14. The number of carbonyl (C=O) groups excluding carboxylic acids is 1. The molecule has 2 atom stereocenters. The second kappa shape index (κ2) is 7.55. The highest BCUT2D eigenvalue weighted by Gasteiger charge is 2.31. The maximum atomic E-state index is 12.7. The van der Waals surface area contributed by atoms with Gasteiger partial charge in [0.2, 0.25) is 5.91 Å². The fourth-order valence-electron chi connectivity index (χ4n) is 3.06. The molecule has 1 amide bonds. The summed E-state index contributed by atoms with van der Waals surface area (Å²) in [7, 11) is 0. The highest BCUT2D eigenvalue weighted by Crippen LogP contribution is 2.23. The van der Waals surface area contributed by atoms with Gasteiger partial charge in [-0.25, -0.2) is 0 Å². The molecule has 2 rings (SSSR count). The second-order valence-corrected chi connectivity index (χ2v) is 6.34. The van der Waals surface area contributed by atoms with E-state index in [1.165, 1.54) is 12.8 Å². The summed E-state index contributed by atoms with van der Waals surface area (Å²) in [4.78, 5) is 15.0. The third kappa shape index (κ3) is 4.27. The number of hydrogen-bond acceptors (Lipinski definition) is 2. The molecule has 1 aliphatic rings. The van der Waals surface area contributed by atoms with Gasteiger partial charge in [-0.1, -0.05) is 55.9 Å². The molecular weight excluding hydrogens is 280 g/mol. The summed E-state index contributed by atoms with van der Waals surface area (Å²) in [5, 5.41) is 0. The smallest absolute Gasteiger partial charge is 0.232 e. The van der Waals surface area contributed by atoms with Gasteiger partial charge in [-0.2, -0.15) is 0 Å². The molecule has 2 unspecified atom stereocenters. The van der Waals surface area contributed by atoms with Crippen molar-refractivity contribution in [1.29, 1.82) is 0 Å². The van der Waals surface area contributed by atoms with Crippen LogP contribution in [0.5, 0.6) is 0 Å². The molecule has 114 valence electrons. The Morgan fingerprint density at radius 1 is 1.43 bits per heavy atom. The van der Waals surface area contributed by atoms with Gasteiger partial charge in [-0.05, 0) is 30.7 Å². The monoisotopic (exact) mass is 304 g/mol. The molecule has 0 aliphatic carbocycles. The van der Waals surface area contributed by atoms with Crippen molar-refractivity contribution in [2.75, 3.05) is 13.1 Å². The van der Waals surface area contributed by atoms with Crippen LogP contribution in [0.4, 0.5) is 0 Å². The SMILES string of the molecule is CCCC1CCN(C(=O)C(Cc2ccccc2)C(N)=S)C1. The van der Waals surface area contributed by atoms with E-state index in [0.717, 1.165) is 25.1 Å².